The third-order valence-corrected chi connectivity index (χ3v) is 4.31. The molecule has 0 radical (unpaired) electrons. The maximum atomic E-state index is 13.4. The van der Waals surface area contributed by atoms with Gasteiger partial charge in [-0.25, -0.2) is 13.8 Å². The van der Waals surface area contributed by atoms with E-state index in [-0.39, 0.29) is 18.8 Å². The van der Waals surface area contributed by atoms with Gasteiger partial charge in [0.1, 0.15) is 0 Å². The smallest absolute Gasteiger partial charge is 0.248 e. The van der Waals surface area contributed by atoms with Crippen LogP contribution >= 0.6 is 0 Å². The summed E-state index contributed by atoms with van der Waals surface area (Å²) in [5, 5.41) is 0. The van der Waals surface area contributed by atoms with Crippen molar-refractivity contribution in [2.75, 3.05) is 0 Å². The van der Waals surface area contributed by atoms with Crippen LogP contribution in [-0.4, -0.2) is 15.5 Å². The number of fused-ring (bicyclic) bond motifs is 1. The topological polar surface area (TPSA) is 17.8 Å². The normalized spacial score (nSPS) is 26.9. The molecule has 0 spiro atoms. The molecule has 2 aliphatic rings. The molecular weight excluding hydrogens is 234 g/mol. The minimum atomic E-state index is -2.44. The van der Waals surface area contributed by atoms with Crippen LogP contribution in [0.25, 0.3) is 0 Å². The minimum absolute atomic E-state index is 0.0555. The van der Waals surface area contributed by atoms with Crippen molar-refractivity contribution < 1.29 is 8.78 Å². The van der Waals surface area contributed by atoms with E-state index < -0.39 is 5.92 Å². The first-order valence-electron chi connectivity index (χ1n) is 7.05. The quantitative estimate of drug-likeness (QED) is 0.788. The highest BCUT2D eigenvalue weighted by molar-refractivity contribution is 5.16. The molecule has 4 heteroatoms. The number of aromatic nitrogens is 2. The maximum absolute atomic E-state index is 13.4. The van der Waals surface area contributed by atoms with Gasteiger partial charge < -0.3 is 4.57 Å². The Kier molecular flexibility index (Phi) is 3.12. The van der Waals surface area contributed by atoms with Gasteiger partial charge in [-0.05, 0) is 44.4 Å². The fraction of sp³-hybridized carbons (Fsp3) is 0.786. The number of hydrogen-bond acceptors (Lipinski definition) is 1. The molecule has 0 saturated heterocycles. The SMILES string of the molecule is FC1(F)CCCC(Cn2cnc3c2CCCC3)C1. The van der Waals surface area contributed by atoms with Gasteiger partial charge in [0.15, 0.2) is 0 Å². The van der Waals surface area contributed by atoms with Crippen molar-refractivity contribution in [1.29, 1.82) is 0 Å². The highest BCUT2D eigenvalue weighted by Gasteiger charge is 2.36. The second kappa shape index (κ2) is 4.63. The molecule has 1 aromatic heterocycles. The second-order valence-corrected chi connectivity index (χ2v) is 5.82. The largest absolute Gasteiger partial charge is 0.334 e. The summed E-state index contributed by atoms with van der Waals surface area (Å²) < 4.78 is 28.9. The summed E-state index contributed by atoms with van der Waals surface area (Å²) >= 11 is 0. The van der Waals surface area contributed by atoms with Crippen LogP contribution in [0.4, 0.5) is 8.78 Å². The van der Waals surface area contributed by atoms with Gasteiger partial charge in [0.2, 0.25) is 5.92 Å². The lowest BCUT2D eigenvalue weighted by Gasteiger charge is -2.29. The van der Waals surface area contributed by atoms with E-state index in [4.69, 9.17) is 0 Å². The highest BCUT2D eigenvalue weighted by Crippen LogP contribution is 2.37. The Balaban J connectivity index is 1.71. The first-order chi connectivity index (χ1) is 8.64. The van der Waals surface area contributed by atoms with Crippen molar-refractivity contribution in [3.8, 4) is 0 Å². The van der Waals surface area contributed by atoms with Crippen molar-refractivity contribution in [2.45, 2.75) is 63.8 Å². The van der Waals surface area contributed by atoms with E-state index in [0.717, 1.165) is 25.8 Å². The van der Waals surface area contributed by atoms with Crippen LogP contribution in [0.15, 0.2) is 6.33 Å². The summed E-state index contributed by atoms with van der Waals surface area (Å²) in [7, 11) is 0. The molecule has 1 unspecified atom stereocenters. The summed E-state index contributed by atoms with van der Waals surface area (Å²) in [4.78, 5) is 4.43. The lowest BCUT2D eigenvalue weighted by atomic mass is 9.86. The van der Waals surface area contributed by atoms with Crippen LogP contribution in [0.3, 0.4) is 0 Å². The van der Waals surface area contributed by atoms with E-state index in [0.29, 0.717) is 6.42 Å². The first-order valence-corrected chi connectivity index (χ1v) is 7.05. The van der Waals surface area contributed by atoms with E-state index in [2.05, 4.69) is 9.55 Å². The summed E-state index contributed by atoms with van der Waals surface area (Å²) in [5.41, 5.74) is 2.50. The number of aryl methyl sites for hydroxylation is 1. The monoisotopic (exact) mass is 254 g/mol. The van der Waals surface area contributed by atoms with Crippen LogP contribution in [0.1, 0.15) is 49.9 Å². The van der Waals surface area contributed by atoms with Crippen LogP contribution < -0.4 is 0 Å². The van der Waals surface area contributed by atoms with E-state index in [1.807, 2.05) is 6.33 Å². The average Bonchev–Trinajstić information content (AvgIpc) is 2.72. The molecule has 1 aromatic rings. The molecule has 18 heavy (non-hydrogen) atoms. The Morgan fingerprint density at radius 3 is 2.94 bits per heavy atom. The zero-order valence-electron chi connectivity index (χ0n) is 10.7. The van der Waals surface area contributed by atoms with Crippen LogP contribution in [-0.2, 0) is 19.4 Å². The molecule has 0 aliphatic heterocycles. The zero-order chi connectivity index (χ0) is 12.6. The molecule has 1 fully saturated rings. The van der Waals surface area contributed by atoms with Crippen molar-refractivity contribution >= 4 is 0 Å². The molecule has 0 amide bonds. The maximum Gasteiger partial charge on any atom is 0.248 e. The Morgan fingerprint density at radius 2 is 2.11 bits per heavy atom. The Labute approximate surface area is 106 Å². The number of imidazole rings is 1. The van der Waals surface area contributed by atoms with Gasteiger partial charge in [-0.2, -0.15) is 0 Å². The molecule has 0 aromatic carbocycles. The Bertz CT molecular complexity index is 425. The lowest BCUT2D eigenvalue weighted by molar-refractivity contribution is -0.0548. The molecule has 1 heterocycles. The molecule has 1 atom stereocenters. The fourth-order valence-electron chi connectivity index (χ4n) is 3.40. The molecule has 0 N–H and O–H groups in total. The predicted octanol–water partition coefficient (Wildman–Crippen LogP) is 3.59. The summed E-state index contributed by atoms with van der Waals surface area (Å²) in [6.07, 6.45) is 8.14. The van der Waals surface area contributed by atoms with Crippen molar-refractivity contribution in [1.82, 2.24) is 9.55 Å². The zero-order valence-corrected chi connectivity index (χ0v) is 10.7. The summed E-state index contributed by atoms with van der Waals surface area (Å²) in [5.74, 6) is -2.32. The molecule has 2 aliphatic carbocycles. The van der Waals surface area contributed by atoms with Gasteiger partial charge in [0.05, 0.1) is 12.0 Å². The Hall–Kier alpha value is -0.930. The van der Waals surface area contributed by atoms with Crippen molar-refractivity contribution in [3.63, 3.8) is 0 Å². The third-order valence-electron chi connectivity index (χ3n) is 4.31. The van der Waals surface area contributed by atoms with E-state index in [9.17, 15) is 8.78 Å². The van der Waals surface area contributed by atoms with Gasteiger partial charge in [0.25, 0.3) is 0 Å². The number of alkyl halides is 2. The highest BCUT2D eigenvalue weighted by atomic mass is 19.3. The van der Waals surface area contributed by atoms with Crippen LogP contribution in [0.2, 0.25) is 0 Å². The number of hydrogen-bond donors (Lipinski definition) is 0. The van der Waals surface area contributed by atoms with Gasteiger partial charge in [0, 0.05) is 25.1 Å². The molecular formula is C14H20F2N2. The molecule has 1 saturated carbocycles. The Morgan fingerprint density at radius 1 is 1.28 bits per heavy atom. The molecule has 100 valence electrons. The van der Waals surface area contributed by atoms with Gasteiger partial charge in [-0.3, -0.25) is 0 Å². The molecule has 2 nitrogen and oxygen atoms in total. The van der Waals surface area contributed by atoms with Gasteiger partial charge in [-0.1, -0.05) is 0 Å². The third kappa shape index (κ3) is 2.43. The second-order valence-electron chi connectivity index (χ2n) is 5.82. The molecule has 3 rings (SSSR count). The number of nitrogens with zero attached hydrogens (tertiary/aromatic N) is 2. The predicted molar refractivity (Wildman–Crippen MR) is 65.8 cm³/mol. The summed E-state index contributed by atoms with van der Waals surface area (Å²) in [6, 6.07) is 0. The molecule has 0 bridgehead atoms. The van der Waals surface area contributed by atoms with Gasteiger partial charge in [-0.15, -0.1) is 0 Å². The minimum Gasteiger partial charge on any atom is -0.334 e. The van der Waals surface area contributed by atoms with Crippen LogP contribution in [0, 0.1) is 5.92 Å². The number of rotatable bonds is 2. The standard InChI is InChI=1S/C14H20F2N2/c15-14(16)7-3-4-11(8-14)9-18-10-17-12-5-1-2-6-13(12)18/h10-11H,1-9H2. The van der Waals surface area contributed by atoms with E-state index in [1.54, 1.807) is 0 Å². The number of halogens is 2. The van der Waals surface area contributed by atoms with Gasteiger partial charge >= 0.3 is 0 Å². The average molecular weight is 254 g/mol. The fourth-order valence-corrected chi connectivity index (χ4v) is 3.40. The first kappa shape index (κ1) is 12.1. The van der Waals surface area contributed by atoms with Crippen molar-refractivity contribution in [2.24, 2.45) is 5.92 Å². The van der Waals surface area contributed by atoms with Crippen LogP contribution in [0.5, 0.6) is 0 Å². The van der Waals surface area contributed by atoms with E-state index in [1.165, 1.54) is 24.2 Å². The lowest BCUT2D eigenvalue weighted by Crippen LogP contribution is -2.28. The van der Waals surface area contributed by atoms with Crippen molar-refractivity contribution in [3.05, 3.63) is 17.7 Å². The van der Waals surface area contributed by atoms with E-state index >= 15 is 0 Å². The summed E-state index contributed by atoms with van der Waals surface area (Å²) in [6.45, 7) is 0.734.